The van der Waals surface area contributed by atoms with Crippen LogP contribution in [0.3, 0.4) is 0 Å². The smallest absolute Gasteiger partial charge is 0.207 e. The molecule has 0 amide bonds. The molecule has 26 heavy (non-hydrogen) atoms. The molecule has 6 nitrogen and oxygen atoms in total. The third kappa shape index (κ3) is 3.64. The van der Waals surface area contributed by atoms with E-state index in [0.29, 0.717) is 10.4 Å². The van der Waals surface area contributed by atoms with Gasteiger partial charge >= 0.3 is 0 Å². The standard InChI is InChI=1S/C14H13ClF2N2O4S3/c15-13-3-4-14(24-13)26(22,23)19-7-5-18(6-8-19)25(20,21)10-1-2-11(16)12(17)9-10/h1-4,9H,5-8H2. The lowest BCUT2D eigenvalue weighted by Crippen LogP contribution is -2.50. The largest absolute Gasteiger partial charge is 0.252 e. The molecule has 142 valence electrons. The quantitative estimate of drug-likeness (QED) is 0.728. The van der Waals surface area contributed by atoms with E-state index in [2.05, 4.69) is 0 Å². The van der Waals surface area contributed by atoms with E-state index in [-0.39, 0.29) is 35.3 Å². The zero-order valence-electron chi connectivity index (χ0n) is 13.1. The predicted octanol–water partition coefficient (Wildman–Crippen LogP) is 2.37. The molecule has 0 N–H and O–H groups in total. The highest BCUT2D eigenvalue weighted by atomic mass is 35.5. The first-order valence-corrected chi connectivity index (χ1v) is 11.4. The number of halogens is 3. The van der Waals surface area contributed by atoms with Crippen LogP contribution in [-0.2, 0) is 20.0 Å². The van der Waals surface area contributed by atoms with Crippen LogP contribution in [0.4, 0.5) is 8.78 Å². The maximum atomic E-state index is 13.3. The van der Waals surface area contributed by atoms with Gasteiger partial charge in [-0.3, -0.25) is 0 Å². The minimum Gasteiger partial charge on any atom is -0.207 e. The average molecular weight is 443 g/mol. The van der Waals surface area contributed by atoms with Crippen molar-refractivity contribution in [3.05, 3.63) is 46.3 Å². The van der Waals surface area contributed by atoms with Crippen molar-refractivity contribution in [3.63, 3.8) is 0 Å². The first-order chi connectivity index (χ1) is 12.1. The molecule has 1 aromatic carbocycles. The molecule has 12 heteroatoms. The second-order valence-corrected chi connectivity index (χ2v) is 11.3. The SMILES string of the molecule is O=S(=O)(c1ccc(F)c(F)c1)N1CCN(S(=O)(=O)c2ccc(Cl)s2)CC1. The second kappa shape index (κ2) is 7.13. The third-order valence-corrected chi connectivity index (χ3v) is 9.36. The molecule has 1 aliphatic rings. The maximum Gasteiger partial charge on any atom is 0.252 e. The number of rotatable bonds is 4. The summed E-state index contributed by atoms with van der Waals surface area (Å²) in [7, 11) is -7.79. The molecule has 0 bridgehead atoms. The Morgan fingerprint density at radius 2 is 1.42 bits per heavy atom. The highest BCUT2D eigenvalue weighted by Crippen LogP contribution is 2.29. The minimum atomic E-state index is -4.04. The molecule has 2 aromatic rings. The molecule has 1 aromatic heterocycles. The van der Waals surface area contributed by atoms with E-state index < -0.39 is 31.7 Å². The maximum absolute atomic E-state index is 13.3. The zero-order valence-corrected chi connectivity index (χ0v) is 16.3. The van der Waals surface area contributed by atoms with Crippen LogP contribution in [0.1, 0.15) is 0 Å². The van der Waals surface area contributed by atoms with Gasteiger partial charge in [-0.1, -0.05) is 11.6 Å². The van der Waals surface area contributed by atoms with E-state index in [1.165, 1.54) is 16.4 Å². The summed E-state index contributed by atoms with van der Waals surface area (Å²) in [6.45, 7) is -0.305. The van der Waals surface area contributed by atoms with E-state index in [0.717, 1.165) is 27.8 Å². The lowest BCUT2D eigenvalue weighted by atomic mass is 10.3. The van der Waals surface area contributed by atoms with E-state index >= 15 is 0 Å². The van der Waals surface area contributed by atoms with E-state index in [9.17, 15) is 25.6 Å². The first-order valence-electron chi connectivity index (χ1n) is 7.33. The van der Waals surface area contributed by atoms with Gasteiger partial charge in [-0.15, -0.1) is 11.3 Å². The van der Waals surface area contributed by atoms with Crippen LogP contribution in [0.25, 0.3) is 0 Å². The van der Waals surface area contributed by atoms with Crippen molar-refractivity contribution in [1.29, 1.82) is 0 Å². The van der Waals surface area contributed by atoms with Crippen LogP contribution in [0, 0.1) is 11.6 Å². The Balaban J connectivity index is 1.76. The number of benzene rings is 1. The van der Waals surface area contributed by atoms with Gasteiger partial charge in [-0.05, 0) is 30.3 Å². The Kier molecular flexibility index (Phi) is 5.39. The Bertz CT molecular complexity index is 1030. The van der Waals surface area contributed by atoms with Gasteiger partial charge in [-0.25, -0.2) is 25.6 Å². The van der Waals surface area contributed by atoms with Crippen molar-refractivity contribution < 1.29 is 25.6 Å². The molecule has 0 atom stereocenters. The molecule has 0 saturated carbocycles. The van der Waals surface area contributed by atoms with Crippen molar-refractivity contribution in [3.8, 4) is 0 Å². The van der Waals surface area contributed by atoms with Crippen molar-refractivity contribution >= 4 is 43.0 Å². The summed E-state index contributed by atoms with van der Waals surface area (Å²) in [6.07, 6.45) is 0. The number of hydrogen-bond donors (Lipinski definition) is 0. The highest BCUT2D eigenvalue weighted by molar-refractivity contribution is 7.91. The van der Waals surface area contributed by atoms with Crippen molar-refractivity contribution in [2.45, 2.75) is 9.10 Å². The van der Waals surface area contributed by atoms with Crippen LogP contribution in [0.15, 0.2) is 39.4 Å². The summed E-state index contributed by atoms with van der Waals surface area (Å²) in [5, 5.41) is 0. The van der Waals surface area contributed by atoms with Crippen molar-refractivity contribution in [2.75, 3.05) is 26.2 Å². The molecule has 0 aliphatic carbocycles. The number of thiophene rings is 1. The summed E-state index contributed by atoms with van der Waals surface area (Å²) < 4.78 is 79.1. The van der Waals surface area contributed by atoms with Crippen LogP contribution in [0.5, 0.6) is 0 Å². The minimum absolute atomic E-state index is 0.0548. The van der Waals surface area contributed by atoms with Gasteiger partial charge in [-0.2, -0.15) is 8.61 Å². The summed E-state index contributed by atoms with van der Waals surface area (Å²) in [4.78, 5) is -0.377. The van der Waals surface area contributed by atoms with Crippen LogP contribution >= 0.6 is 22.9 Å². The van der Waals surface area contributed by atoms with Crippen LogP contribution in [-0.4, -0.2) is 51.6 Å². The first kappa shape index (κ1) is 19.6. The topological polar surface area (TPSA) is 74.8 Å². The predicted molar refractivity (Wildman–Crippen MR) is 93.2 cm³/mol. The lowest BCUT2D eigenvalue weighted by Gasteiger charge is -2.32. The van der Waals surface area contributed by atoms with Gasteiger partial charge in [0.25, 0.3) is 10.0 Å². The third-order valence-electron chi connectivity index (χ3n) is 3.87. The molecule has 2 heterocycles. The molecular weight excluding hydrogens is 430 g/mol. The summed E-state index contributed by atoms with van der Waals surface area (Å²) in [5.41, 5.74) is 0. The number of sulfonamides is 2. The summed E-state index contributed by atoms with van der Waals surface area (Å²) in [5.74, 6) is -2.41. The number of piperazine rings is 1. The van der Waals surface area contributed by atoms with Gasteiger partial charge in [0, 0.05) is 26.2 Å². The molecule has 0 spiro atoms. The molecular formula is C14H13ClF2N2O4S3. The molecule has 1 fully saturated rings. The van der Waals surface area contributed by atoms with E-state index in [1.807, 2.05) is 0 Å². The Morgan fingerprint density at radius 1 is 0.846 bits per heavy atom. The van der Waals surface area contributed by atoms with Gasteiger partial charge in [0.2, 0.25) is 10.0 Å². The molecule has 0 unspecified atom stereocenters. The molecule has 1 saturated heterocycles. The van der Waals surface area contributed by atoms with Crippen LogP contribution in [0.2, 0.25) is 4.34 Å². The fraction of sp³-hybridized carbons (Fsp3) is 0.286. The second-order valence-electron chi connectivity index (χ2n) is 5.44. The normalized spacial score (nSPS) is 17.5. The summed E-state index contributed by atoms with van der Waals surface area (Å²) >= 11 is 6.69. The zero-order chi connectivity index (χ0) is 19.1. The average Bonchev–Trinajstić information content (AvgIpc) is 3.04. The highest BCUT2D eigenvalue weighted by Gasteiger charge is 2.34. The Hall–Kier alpha value is -1.11. The van der Waals surface area contributed by atoms with Gasteiger partial charge in [0.1, 0.15) is 4.21 Å². The van der Waals surface area contributed by atoms with Gasteiger partial charge < -0.3 is 0 Å². The Morgan fingerprint density at radius 3 is 1.92 bits per heavy atom. The monoisotopic (exact) mass is 442 g/mol. The number of hydrogen-bond acceptors (Lipinski definition) is 5. The Labute approximate surface area is 158 Å². The molecule has 1 aliphatic heterocycles. The lowest BCUT2D eigenvalue weighted by molar-refractivity contribution is 0.273. The van der Waals surface area contributed by atoms with E-state index in [1.54, 1.807) is 0 Å². The summed E-state index contributed by atoms with van der Waals surface area (Å²) in [6, 6.07) is 5.20. The van der Waals surface area contributed by atoms with Gasteiger partial charge in [0.05, 0.1) is 9.23 Å². The van der Waals surface area contributed by atoms with Crippen LogP contribution < -0.4 is 0 Å². The van der Waals surface area contributed by atoms with E-state index in [4.69, 9.17) is 11.6 Å². The van der Waals surface area contributed by atoms with Gasteiger partial charge in [0.15, 0.2) is 11.6 Å². The molecule has 0 radical (unpaired) electrons. The number of nitrogens with zero attached hydrogens (tertiary/aromatic N) is 2. The van der Waals surface area contributed by atoms with Crippen molar-refractivity contribution in [2.24, 2.45) is 0 Å². The fourth-order valence-corrected chi connectivity index (χ4v) is 6.99. The van der Waals surface area contributed by atoms with Crippen molar-refractivity contribution in [1.82, 2.24) is 8.61 Å². The fourth-order valence-electron chi connectivity index (χ4n) is 2.50. The molecule has 3 rings (SSSR count).